The number of hydrogen-bond donors (Lipinski definition) is 2. The molecule has 2 N–H and O–H groups in total. The molecule has 0 aliphatic carbocycles. The highest BCUT2D eigenvalue weighted by atomic mass is 127. The van der Waals surface area contributed by atoms with E-state index in [9.17, 15) is 14.4 Å². The second-order valence-corrected chi connectivity index (χ2v) is 6.48. The summed E-state index contributed by atoms with van der Waals surface area (Å²) in [5.74, 6) is 0.129. The van der Waals surface area contributed by atoms with Gasteiger partial charge in [-0.1, -0.05) is 67.8 Å². The van der Waals surface area contributed by atoms with Gasteiger partial charge in [-0.05, 0) is 12.8 Å². The van der Waals surface area contributed by atoms with Crippen LogP contribution in [0.1, 0.15) is 12.8 Å². The van der Waals surface area contributed by atoms with Crippen LogP contribution in [0.15, 0.2) is 0 Å². The van der Waals surface area contributed by atoms with Gasteiger partial charge >= 0.3 is 0 Å². The SMILES string of the molecule is O=C(CI)NCCCN(CCCNC(=O)CI)C(=O)CI. The lowest BCUT2D eigenvalue weighted by molar-refractivity contribution is -0.128. The smallest absolute Gasteiger partial charge is 0.232 e. The molecule has 0 bridgehead atoms. The first-order valence-electron chi connectivity index (χ1n) is 6.54. The molecule has 0 aliphatic rings. The number of alkyl halides is 3. The van der Waals surface area contributed by atoms with Crippen molar-refractivity contribution in [1.29, 1.82) is 0 Å². The lowest BCUT2D eigenvalue weighted by atomic mass is 10.3. The van der Waals surface area contributed by atoms with Gasteiger partial charge in [0.25, 0.3) is 0 Å². The maximum atomic E-state index is 11.8. The van der Waals surface area contributed by atoms with Crippen LogP contribution >= 0.6 is 67.8 Å². The molecule has 3 amide bonds. The van der Waals surface area contributed by atoms with Crippen LogP contribution in [0.3, 0.4) is 0 Å². The zero-order chi connectivity index (χ0) is 16.1. The molecule has 0 aromatic carbocycles. The Morgan fingerprint density at radius 2 is 1.19 bits per heavy atom. The lowest BCUT2D eigenvalue weighted by Crippen LogP contribution is -2.37. The Kier molecular flexibility index (Phi) is 14.6. The average Bonchev–Trinajstić information content (AvgIpc) is 2.51. The normalized spacial score (nSPS) is 10.0. The van der Waals surface area contributed by atoms with E-state index < -0.39 is 0 Å². The van der Waals surface area contributed by atoms with Gasteiger partial charge in [0.2, 0.25) is 17.7 Å². The van der Waals surface area contributed by atoms with Crippen LogP contribution in [0.4, 0.5) is 0 Å². The standard InChI is InChI=1S/C12H20I3N3O3/c13-7-10(19)16-3-1-5-18(12(21)9-15)6-2-4-17-11(20)8-14/h1-9H2,(H,16,19)(H,17,20). The Morgan fingerprint density at radius 3 is 1.52 bits per heavy atom. The topological polar surface area (TPSA) is 78.5 Å². The molecule has 0 spiro atoms. The molecule has 0 atom stereocenters. The molecule has 0 heterocycles. The van der Waals surface area contributed by atoms with Crippen LogP contribution in [0.25, 0.3) is 0 Å². The second kappa shape index (κ2) is 14.2. The number of halogens is 3. The number of carbonyl (C=O) groups excluding carboxylic acids is 3. The highest BCUT2D eigenvalue weighted by molar-refractivity contribution is 14.1. The van der Waals surface area contributed by atoms with Crippen LogP contribution < -0.4 is 10.6 Å². The molecule has 6 nitrogen and oxygen atoms in total. The zero-order valence-corrected chi connectivity index (χ0v) is 18.1. The molecule has 0 aromatic heterocycles. The Bertz CT molecular complexity index is 319. The maximum absolute atomic E-state index is 11.8. The molecule has 0 radical (unpaired) electrons. The van der Waals surface area contributed by atoms with E-state index in [-0.39, 0.29) is 17.7 Å². The van der Waals surface area contributed by atoms with Crippen LogP contribution in [-0.4, -0.2) is 62.1 Å². The van der Waals surface area contributed by atoms with Crippen molar-refractivity contribution in [2.24, 2.45) is 0 Å². The van der Waals surface area contributed by atoms with Crippen LogP contribution in [0, 0.1) is 0 Å². The van der Waals surface area contributed by atoms with Gasteiger partial charge in [0, 0.05) is 26.2 Å². The van der Waals surface area contributed by atoms with Gasteiger partial charge < -0.3 is 15.5 Å². The van der Waals surface area contributed by atoms with Crippen molar-refractivity contribution >= 4 is 85.5 Å². The minimum atomic E-state index is 0.0175. The van der Waals surface area contributed by atoms with Crippen molar-refractivity contribution in [2.45, 2.75) is 12.8 Å². The van der Waals surface area contributed by atoms with E-state index in [1.54, 1.807) is 4.90 Å². The molecule has 0 aliphatic heterocycles. The van der Waals surface area contributed by atoms with E-state index in [0.29, 0.717) is 39.5 Å². The average molecular weight is 635 g/mol. The summed E-state index contributed by atoms with van der Waals surface area (Å²) in [5.41, 5.74) is 0. The highest BCUT2D eigenvalue weighted by Gasteiger charge is 2.11. The quantitative estimate of drug-likeness (QED) is 0.203. The molecule has 0 aromatic rings. The summed E-state index contributed by atoms with van der Waals surface area (Å²) < 4.78 is 1.34. The van der Waals surface area contributed by atoms with E-state index in [1.165, 1.54) is 0 Å². The van der Waals surface area contributed by atoms with Crippen molar-refractivity contribution in [2.75, 3.05) is 39.5 Å². The molecule has 0 saturated carbocycles. The minimum Gasteiger partial charge on any atom is -0.355 e. The molecule has 0 unspecified atom stereocenters. The monoisotopic (exact) mass is 635 g/mol. The van der Waals surface area contributed by atoms with Crippen LogP contribution in [0.2, 0.25) is 0 Å². The van der Waals surface area contributed by atoms with Gasteiger partial charge in [0.15, 0.2) is 0 Å². The van der Waals surface area contributed by atoms with Crippen molar-refractivity contribution < 1.29 is 14.4 Å². The fraction of sp³-hybridized carbons (Fsp3) is 0.750. The first-order chi connectivity index (χ1) is 10.0. The number of hydrogen-bond acceptors (Lipinski definition) is 3. The van der Waals surface area contributed by atoms with Crippen molar-refractivity contribution in [3.63, 3.8) is 0 Å². The number of carbonyl (C=O) groups is 3. The predicted octanol–water partition coefficient (Wildman–Crippen LogP) is 1.13. The van der Waals surface area contributed by atoms with E-state index in [1.807, 2.05) is 45.2 Å². The van der Waals surface area contributed by atoms with Crippen LogP contribution in [-0.2, 0) is 14.4 Å². The molecule has 122 valence electrons. The summed E-state index contributed by atoms with van der Waals surface area (Å²) in [6, 6.07) is 0. The number of nitrogens with one attached hydrogen (secondary N) is 2. The number of nitrogens with zero attached hydrogens (tertiary/aromatic N) is 1. The molecular formula is C12H20I3N3O3. The summed E-state index contributed by atoms with van der Waals surface area (Å²) in [7, 11) is 0. The summed E-state index contributed by atoms with van der Waals surface area (Å²) in [5, 5.41) is 5.58. The van der Waals surface area contributed by atoms with Gasteiger partial charge in [-0.3, -0.25) is 14.4 Å². The Balaban J connectivity index is 3.95. The van der Waals surface area contributed by atoms with Gasteiger partial charge in [-0.25, -0.2) is 0 Å². The van der Waals surface area contributed by atoms with Gasteiger partial charge in [-0.15, -0.1) is 0 Å². The summed E-state index contributed by atoms with van der Waals surface area (Å²) >= 11 is 6.08. The molecule has 21 heavy (non-hydrogen) atoms. The largest absolute Gasteiger partial charge is 0.355 e. The third-order valence-electron chi connectivity index (χ3n) is 2.56. The fourth-order valence-electron chi connectivity index (χ4n) is 1.54. The Morgan fingerprint density at radius 1 is 0.762 bits per heavy atom. The van der Waals surface area contributed by atoms with E-state index in [0.717, 1.165) is 12.8 Å². The third kappa shape index (κ3) is 11.8. The number of rotatable bonds is 11. The van der Waals surface area contributed by atoms with Gasteiger partial charge in [0.1, 0.15) is 0 Å². The number of amides is 3. The zero-order valence-electron chi connectivity index (χ0n) is 11.7. The molecule has 0 saturated heterocycles. The van der Waals surface area contributed by atoms with E-state index >= 15 is 0 Å². The fourth-order valence-corrected chi connectivity index (χ4v) is 2.56. The molecule has 0 rings (SSSR count). The Labute approximate surface area is 166 Å². The van der Waals surface area contributed by atoms with Gasteiger partial charge in [-0.2, -0.15) is 0 Å². The third-order valence-corrected chi connectivity index (χ3v) is 4.60. The summed E-state index contributed by atoms with van der Waals surface area (Å²) in [6.45, 7) is 2.42. The van der Waals surface area contributed by atoms with Crippen molar-refractivity contribution in [3.05, 3.63) is 0 Å². The van der Waals surface area contributed by atoms with Crippen LogP contribution in [0.5, 0.6) is 0 Å². The second-order valence-electron chi connectivity index (χ2n) is 4.19. The lowest BCUT2D eigenvalue weighted by Gasteiger charge is -2.22. The molecule has 9 heteroatoms. The van der Waals surface area contributed by atoms with Crippen molar-refractivity contribution in [1.82, 2.24) is 15.5 Å². The Hall–Kier alpha value is 0.600. The van der Waals surface area contributed by atoms with Gasteiger partial charge in [0.05, 0.1) is 13.3 Å². The first kappa shape index (κ1) is 21.6. The predicted molar refractivity (Wildman–Crippen MR) is 108 cm³/mol. The minimum absolute atomic E-state index is 0.0175. The highest BCUT2D eigenvalue weighted by Crippen LogP contribution is 1.98. The van der Waals surface area contributed by atoms with E-state index in [4.69, 9.17) is 0 Å². The first-order valence-corrected chi connectivity index (χ1v) is 11.1. The maximum Gasteiger partial charge on any atom is 0.232 e. The summed E-state index contributed by atoms with van der Waals surface area (Å²) in [4.78, 5) is 35.8. The molecular weight excluding hydrogens is 615 g/mol. The summed E-state index contributed by atoms with van der Waals surface area (Å²) in [6.07, 6.45) is 1.48. The van der Waals surface area contributed by atoms with Crippen molar-refractivity contribution in [3.8, 4) is 0 Å². The van der Waals surface area contributed by atoms with E-state index in [2.05, 4.69) is 33.2 Å². The molecule has 0 fully saturated rings.